The first kappa shape index (κ1) is 16.5. The molecule has 1 aliphatic heterocycles. The van der Waals surface area contributed by atoms with Gasteiger partial charge in [-0.15, -0.1) is 0 Å². The first-order valence-electron chi connectivity index (χ1n) is 6.46. The molecule has 23 heavy (non-hydrogen) atoms. The Morgan fingerprint density at radius 3 is 2.61 bits per heavy atom. The summed E-state index contributed by atoms with van der Waals surface area (Å²) in [7, 11) is 0. The van der Waals surface area contributed by atoms with Gasteiger partial charge in [0, 0.05) is 26.1 Å². The number of aromatic amines is 1. The summed E-state index contributed by atoms with van der Waals surface area (Å²) >= 11 is 0. The number of esters is 2. The number of ether oxygens (including phenoxy) is 3. The molecule has 1 aromatic rings. The van der Waals surface area contributed by atoms with E-state index in [-0.39, 0.29) is 5.76 Å². The van der Waals surface area contributed by atoms with Gasteiger partial charge in [-0.1, -0.05) is 0 Å². The molecule has 124 valence electrons. The molecule has 10 heteroatoms. The molecule has 2 heterocycles. The van der Waals surface area contributed by atoms with Crippen LogP contribution in [0, 0.1) is 0 Å². The normalized spacial score (nSPS) is 20.1. The van der Waals surface area contributed by atoms with Crippen LogP contribution in [0.3, 0.4) is 0 Å². The zero-order chi connectivity index (χ0) is 17.1. The van der Waals surface area contributed by atoms with Crippen molar-refractivity contribution in [2.45, 2.75) is 26.2 Å². The molecule has 1 unspecified atom stereocenters. The number of rotatable bonds is 4. The topological polar surface area (TPSA) is 117 Å². The lowest BCUT2D eigenvalue weighted by molar-refractivity contribution is -0.141. The SMILES string of the molecule is CC(=O)OCC1=C(OC(C)=O)C(F)[C@H](n2ccc(=O)[nH]c2=O)O1. The van der Waals surface area contributed by atoms with E-state index in [2.05, 4.69) is 0 Å². The minimum absolute atomic E-state index is 0.231. The van der Waals surface area contributed by atoms with E-state index in [1.165, 1.54) is 0 Å². The molecule has 0 aliphatic carbocycles. The van der Waals surface area contributed by atoms with Crippen molar-refractivity contribution in [2.75, 3.05) is 6.61 Å². The van der Waals surface area contributed by atoms with Crippen LogP contribution in [0.25, 0.3) is 0 Å². The van der Waals surface area contributed by atoms with Gasteiger partial charge in [-0.3, -0.25) is 23.9 Å². The van der Waals surface area contributed by atoms with Crippen molar-refractivity contribution < 1.29 is 28.2 Å². The standard InChI is InChI=1S/C13H13FN2O7/c1-6(17)21-5-8-11(22-7(2)18)10(14)12(23-8)16-4-3-9(19)15-13(16)20/h3-4,10,12H,5H2,1-2H3,(H,15,19,20)/t10?,12-/m1/s1. The summed E-state index contributed by atoms with van der Waals surface area (Å²) in [6.07, 6.45) is -2.47. The highest BCUT2D eigenvalue weighted by Crippen LogP contribution is 2.35. The minimum Gasteiger partial charge on any atom is -0.463 e. The molecule has 0 amide bonds. The van der Waals surface area contributed by atoms with Gasteiger partial charge in [-0.05, 0) is 0 Å². The summed E-state index contributed by atoms with van der Waals surface area (Å²) in [4.78, 5) is 46.7. The lowest BCUT2D eigenvalue weighted by Gasteiger charge is -2.16. The first-order chi connectivity index (χ1) is 10.8. The first-order valence-corrected chi connectivity index (χ1v) is 6.46. The van der Waals surface area contributed by atoms with Crippen LogP contribution in [0.5, 0.6) is 0 Å². The van der Waals surface area contributed by atoms with E-state index < -0.39 is 48.0 Å². The van der Waals surface area contributed by atoms with Crippen LogP contribution >= 0.6 is 0 Å². The molecule has 1 N–H and O–H groups in total. The highest BCUT2D eigenvalue weighted by molar-refractivity contribution is 5.68. The van der Waals surface area contributed by atoms with Crippen LogP contribution in [-0.4, -0.2) is 34.3 Å². The number of hydrogen-bond donors (Lipinski definition) is 1. The molecular weight excluding hydrogens is 315 g/mol. The number of hydrogen-bond acceptors (Lipinski definition) is 7. The number of alkyl halides is 1. The van der Waals surface area contributed by atoms with E-state index in [1.54, 1.807) is 0 Å². The minimum atomic E-state index is -2.01. The van der Waals surface area contributed by atoms with E-state index >= 15 is 0 Å². The van der Waals surface area contributed by atoms with Gasteiger partial charge in [0.05, 0.1) is 0 Å². The van der Waals surface area contributed by atoms with Crippen LogP contribution in [0.2, 0.25) is 0 Å². The zero-order valence-electron chi connectivity index (χ0n) is 12.2. The molecule has 1 aliphatic rings. The van der Waals surface area contributed by atoms with E-state index in [0.717, 1.165) is 30.7 Å². The molecule has 2 rings (SSSR count). The molecule has 0 aromatic carbocycles. The van der Waals surface area contributed by atoms with Crippen LogP contribution in [-0.2, 0) is 23.8 Å². The summed E-state index contributed by atoms with van der Waals surface area (Å²) < 4.78 is 30.0. The molecule has 2 atom stereocenters. The molecule has 0 saturated heterocycles. The van der Waals surface area contributed by atoms with Crippen molar-refractivity contribution >= 4 is 11.9 Å². The van der Waals surface area contributed by atoms with E-state index in [1.807, 2.05) is 4.98 Å². The second kappa shape index (κ2) is 6.46. The van der Waals surface area contributed by atoms with Gasteiger partial charge in [0.25, 0.3) is 5.56 Å². The molecular formula is C13H13FN2O7. The predicted octanol–water partition coefficient (Wildman–Crippen LogP) is -0.259. The Kier molecular flexibility index (Phi) is 4.63. The second-order valence-electron chi connectivity index (χ2n) is 4.59. The van der Waals surface area contributed by atoms with Gasteiger partial charge < -0.3 is 14.2 Å². The molecule has 0 radical (unpaired) electrons. The molecule has 0 bridgehead atoms. The van der Waals surface area contributed by atoms with Crippen molar-refractivity contribution in [3.8, 4) is 0 Å². The molecule has 0 spiro atoms. The Morgan fingerprint density at radius 2 is 2.04 bits per heavy atom. The summed E-state index contributed by atoms with van der Waals surface area (Å²) in [5.41, 5.74) is -1.56. The van der Waals surface area contributed by atoms with Gasteiger partial charge in [0.2, 0.25) is 12.4 Å². The second-order valence-corrected chi connectivity index (χ2v) is 4.59. The Hall–Kier alpha value is -2.91. The third-order valence-corrected chi connectivity index (χ3v) is 2.82. The predicted molar refractivity (Wildman–Crippen MR) is 71.8 cm³/mol. The lowest BCUT2D eigenvalue weighted by atomic mass is 10.3. The summed E-state index contributed by atoms with van der Waals surface area (Å²) in [5, 5.41) is 0. The summed E-state index contributed by atoms with van der Waals surface area (Å²) in [6.45, 7) is 1.73. The number of aromatic nitrogens is 2. The quantitative estimate of drug-likeness (QED) is 0.757. The lowest BCUT2D eigenvalue weighted by Crippen LogP contribution is -2.34. The van der Waals surface area contributed by atoms with Crippen molar-refractivity contribution in [2.24, 2.45) is 0 Å². The number of carbonyl (C=O) groups excluding carboxylic acids is 2. The van der Waals surface area contributed by atoms with Gasteiger partial charge in [-0.2, -0.15) is 0 Å². The van der Waals surface area contributed by atoms with E-state index in [9.17, 15) is 23.6 Å². The smallest absolute Gasteiger partial charge is 0.331 e. The number of halogens is 1. The number of nitrogens with zero attached hydrogens (tertiary/aromatic N) is 1. The molecule has 0 fully saturated rings. The fraction of sp³-hybridized carbons (Fsp3) is 0.385. The maximum Gasteiger partial charge on any atom is 0.331 e. The number of H-pyrrole nitrogens is 1. The number of carbonyl (C=O) groups is 2. The number of nitrogens with one attached hydrogen (secondary N) is 1. The van der Waals surface area contributed by atoms with Gasteiger partial charge in [0.15, 0.2) is 18.1 Å². The maximum atomic E-state index is 14.5. The zero-order valence-corrected chi connectivity index (χ0v) is 12.2. The van der Waals surface area contributed by atoms with Crippen molar-refractivity contribution in [3.05, 3.63) is 44.6 Å². The fourth-order valence-electron chi connectivity index (χ4n) is 1.91. The van der Waals surface area contributed by atoms with Crippen molar-refractivity contribution in [3.63, 3.8) is 0 Å². The highest BCUT2D eigenvalue weighted by Gasteiger charge is 2.41. The van der Waals surface area contributed by atoms with Crippen LogP contribution in [0.15, 0.2) is 33.4 Å². The Balaban J connectivity index is 2.33. The molecule has 9 nitrogen and oxygen atoms in total. The average molecular weight is 328 g/mol. The Bertz CT molecular complexity index is 779. The monoisotopic (exact) mass is 328 g/mol. The van der Waals surface area contributed by atoms with Gasteiger partial charge in [0.1, 0.15) is 0 Å². The van der Waals surface area contributed by atoms with Crippen molar-refractivity contribution in [1.29, 1.82) is 0 Å². The third-order valence-electron chi connectivity index (χ3n) is 2.82. The Morgan fingerprint density at radius 1 is 1.35 bits per heavy atom. The van der Waals surface area contributed by atoms with Gasteiger partial charge >= 0.3 is 17.6 Å². The maximum absolute atomic E-state index is 14.5. The highest BCUT2D eigenvalue weighted by atomic mass is 19.1. The average Bonchev–Trinajstić information content (AvgIpc) is 2.73. The molecule has 1 aromatic heterocycles. The Labute approximate surface area is 128 Å². The van der Waals surface area contributed by atoms with Crippen LogP contribution in [0.4, 0.5) is 4.39 Å². The summed E-state index contributed by atoms with van der Waals surface area (Å²) in [5.74, 6) is -2.17. The fourth-order valence-corrected chi connectivity index (χ4v) is 1.91. The molecule has 0 saturated carbocycles. The van der Waals surface area contributed by atoms with Gasteiger partial charge in [-0.25, -0.2) is 9.18 Å². The largest absolute Gasteiger partial charge is 0.463 e. The third kappa shape index (κ3) is 3.65. The van der Waals surface area contributed by atoms with E-state index in [0.29, 0.717) is 0 Å². The van der Waals surface area contributed by atoms with Crippen LogP contribution in [0.1, 0.15) is 20.1 Å². The summed E-state index contributed by atoms with van der Waals surface area (Å²) in [6, 6.07) is 1.01. The van der Waals surface area contributed by atoms with Crippen molar-refractivity contribution in [1.82, 2.24) is 9.55 Å². The van der Waals surface area contributed by atoms with E-state index in [4.69, 9.17) is 14.2 Å². The van der Waals surface area contributed by atoms with Crippen LogP contribution < -0.4 is 11.2 Å².